The lowest BCUT2D eigenvalue weighted by atomic mass is 9.83. The largest absolute Gasteiger partial charge is 0.381 e. The summed E-state index contributed by atoms with van der Waals surface area (Å²) in [4.78, 5) is 27.0. The highest BCUT2D eigenvalue weighted by molar-refractivity contribution is 5.97. The third kappa shape index (κ3) is 7.69. The van der Waals surface area contributed by atoms with Crippen molar-refractivity contribution >= 4 is 11.7 Å². The van der Waals surface area contributed by atoms with Gasteiger partial charge in [0.25, 0.3) is 0 Å². The molecule has 2 aliphatic rings. The molecule has 1 aromatic carbocycles. The molecule has 3 rings (SSSR count). The second-order valence-corrected chi connectivity index (χ2v) is 9.01. The lowest BCUT2D eigenvalue weighted by Gasteiger charge is -2.34. The molecule has 1 saturated heterocycles. The fraction of sp³-hybridized carbons (Fsp3) is 0.680. The normalized spacial score (nSPS) is 22.9. The smallest absolute Gasteiger partial charge is 0.222 e. The van der Waals surface area contributed by atoms with Crippen LogP contribution in [0.25, 0.3) is 0 Å². The van der Waals surface area contributed by atoms with E-state index in [1.165, 1.54) is 31.4 Å². The second-order valence-electron chi connectivity index (χ2n) is 9.01. The molecule has 0 radical (unpaired) electrons. The van der Waals surface area contributed by atoms with Crippen molar-refractivity contribution in [2.24, 2.45) is 11.8 Å². The Kier molecular flexibility index (Phi) is 9.47. The van der Waals surface area contributed by atoms with Gasteiger partial charge in [-0.25, -0.2) is 4.39 Å². The Morgan fingerprint density at radius 2 is 1.74 bits per heavy atom. The molecule has 0 unspecified atom stereocenters. The highest BCUT2D eigenvalue weighted by Crippen LogP contribution is 2.28. The van der Waals surface area contributed by atoms with Crippen LogP contribution in [-0.4, -0.2) is 55.5 Å². The third-order valence-electron chi connectivity index (χ3n) is 6.83. The molecule has 0 aromatic heterocycles. The quantitative estimate of drug-likeness (QED) is 0.444. The van der Waals surface area contributed by atoms with Crippen LogP contribution in [-0.2, 0) is 9.53 Å². The fourth-order valence-electron chi connectivity index (χ4n) is 4.84. The molecular formula is C25H37FN2O3. The lowest BCUT2D eigenvalue weighted by Crippen LogP contribution is -2.39. The van der Waals surface area contributed by atoms with Crippen LogP contribution in [0, 0.1) is 17.7 Å². The summed E-state index contributed by atoms with van der Waals surface area (Å²) >= 11 is 0. The first kappa shape index (κ1) is 23.9. The lowest BCUT2D eigenvalue weighted by molar-refractivity contribution is -0.123. The van der Waals surface area contributed by atoms with Crippen LogP contribution in [0.15, 0.2) is 24.3 Å². The highest BCUT2D eigenvalue weighted by Gasteiger charge is 2.27. The van der Waals surface area contributed by atoms with E-state index in [1.54, 1.807) is 12.1 Å². The van der Waals surface area contributed by atoms with Gasteiger partial charge in [-0.2, -0.15) is 0 Å². The van der Waals surface area contributed by atoms with Crippen molar-refractivity contribution < 1.29 is 18.7 Å². The zero-order valence-corrected chi connectivity index (χ0v) is 18.8. The van der Waals surface area contributed by atoms with Gasteiger partial charge in [0.2, 0.25) is 5.91 Å². The van der Waals surface area contributed by atoms with E-state index in [-0.39, 0.29) is 23.4 Å². The predicted octanol–water partition coefficient (Wildman–Crippen LogP) is 4.21. The number of nitrogens with one attached hydrogen (secondary N) is 1. The molecule has 6 heteroatoms. The molecular weight excluding hydrogens is 395 g/mol. The molecule has 2 fully saturated rings. The molecule has 1 aliphatic carbocycles. The van der Waals surface area contributed by atoms with Gasteiger partial charge in [0.1, 0.15) is 5.82 Å². The van der Waals surface area contributed by atoms with E-state index >= 15 is 0 Å². The van der Waals surface area contributed by atoms with E-state index in [2.05, 4.69) is 10.2 Å². The van der Waals surface area contributed by atoms with Crippen molar-refractivity contribution in [2.75, 3.05) is 32.8 Å². The standard InChI is InChI=1S/C25H37FN2O3/c1-2-31-18-14-24(29)27-23-9-3-19(4-10-23)11-15-28-16-12-21(13-17-28)25(30)20-5-7-22(26)8-6-20/h5-8,19,21,23H,2-4,9-18H2,1H3,(H,27,29)/t19-,23-. The van der Waals surface area contributed by atoms with Crippen LogP contribution in [0.5, 0.6) is 0 Å². The number of nitrogens with zero attached hydrogens (tertiary/aromatic N) is 1. The van der Waals surface area contributed by atoms with Crippen molar-refractivity contribution in [3.63, 3.8) is 0 Å². The van der Waals surface area contributed by atoms with Crippen molar-refractivity contribution in [3.05, 3.63) is 35.6 Å². The zero-order chi connectivity index (χ0) is 22.1. The number of carbonyl (C=O) groups is 2. The molecule has 5 nitrogen and oxygen atoms in total. The molecule has 0 spiro atoms. The van der Waals surface area contributed by atoms with E-state index in [0.717, 1.165) is 51.2 Å². The second kappa shape index (κ2) is 12.3. The number of amides is 1. The van der Waals surface area contributed by atoms with Gasteiger partial charge in [0.05, 0.1) is 6.61 Å². The van der Waals surface area contributed by atoms with E-state index in [9.17, 15) is 14.0 Å². The monoisotopic (exact) mass is 432 g/mol. The summed E-state index contributed by atoms with van der Waals surface area (Å²) in [6, 6.07) is 6.25. The first-order chi connectivity index (χ1) is 15.0. The molecule has 1 saturated carbocycles. The van der Waals surface area contributed by atoms with Crippen LogP contribution in [0.2, 0.25) is 0 Å². The van der Waals surface area contributed by atoms with Gasteiger partial charge in [-0.3, -0.25) is 9.59 Å². The average Bonchev–Trinajstić information content (AvgIpc) is 2.79. The average molecular weight is 433 g/mol. The van der Waals surface area contributed by atoms with E-state index in [1.807, 2.05) is 6.92 Å². The van der Waals surface area contributed by atoms with Gasteiger partial charge in [-0.05, 0) is 102 Å². The topological polar surface area (TPSA) is 58.6 Å². The minimum Gasteiger partial charge on any atom is -0.381 e. The molecule has 172 valence electrons. The van der Waals surface area contributed by atoms with Gasteiger partial charge >= 0.3 is 0 Å². The number of likely N-dealkylation sites (tertiary alicyclic amines) is 1. The first-order valence-corrected chi connectivity index (χ1v) is 11.9. The summed E-state index contributed by atoms with van der Waals surface area (Å²) < 4.78 is 18.3. The molecule has 0 atom stereocenters. The van der Waals surface area contributed by atoms with Crippen molar-refractivity contribution in [3.8, 4) is 0 Å². The number of ketones is 1. The van der Waals surface area contributed by atoms with Crippen LogP contribution in [0.1, 0.15) is 68.6 Å². The van der Waals surface area contributed by atoms with Crippen LogP contribution >= 0.6 is 0 Å². The van der Waals surface area contributed by atoms with Gasteiger partial charge in [-0.1, -0.05) is 0 Å². The SMILES string of the molecule is CCOCCC(=O)N[C@H]1CC[C@H](CCN2CCC(C(=O)c3ccc(F)cc3)CC2)CC1. The van der Waals surface area contributed by atoms with E-state index < -0.39 is 0 Å². The summed E-state index contributed by atoms with van der Waals surface area (Å²) in [5, 5.41) is 3.15. The summed E-state index contributed by atoms with van der Waals surface area (Å²) in [6.45, 7) is 6.11. The Labute approximate surface area is 185 Å². The summed E-state index contributed by atoms with van der Waals surface area (Å²) in [6.07, 6.45) is 7.91. The van der Waals surface area contributed by atoms with Gasteiger partial charge < -0.3 is 15.0 Å². The molecule has 1 aromatic rings. The minimum absolute atomic E-state index is 0.0588. The van der Waals surface area contributed by atoms with E-state index in [0.29, 0.717) is 31.2 Å². The molecule has 0 bridgehead atoms. The summed E-state index contributed by atoms with van der Waals surface area (Å²) in [7, 11) is 0. The number of hydrogen-bond acceptors (Lipinski definition) is 4. The predicted molar refractivity (Wildman–Crippen MR) is 120 cm³/mol. The maximum Gasteiger partial charge on any atom is 0.222 e. The highest BCUT2D eigenvalue weighted by atomic mass is 19.1. The van der Waals surface area contributed by atoms with Gasteiger partial charge in [0, 0.05) is 30.6 Å². The molecule has 1 aliphatic heterocycles. The van der Waals surface area contributed by atoms with Crippen molar-refractivity contribution in [1.29, 1.82) is 0 Å². The summed E-state index contributed by atoms with van der Waals surface area (Å²) in [5.74, 6) is 0.749. The molecule has 1 amide bonds. The Morgan fingerprint density at radius 1 is 1.06 bits per heavy atom. The fourth-order valence-corrected chi connectivity index (χ4v) is 4.84. The Morgan fingerprint density at radius 3 is 2.39 bits per heavy atom. The maximum absolute atomic E-state index is 13.1. The van der Waals surface area contributed by atoms with Crippen LogP contribution < -0.4 is 5.32 Å². The summed E-state index contributed by atoms with van der Waals surface area (Å²) in [5.41, 5.74) is 0.626. The van der Waals surface area contributed by atoms with Gasteiger partial charge in [-0.15, -0.1) is 0 Å². The molecule has 31 heavy (non-hydrogen) atoms. The number of rotatable bonds is 10. The number of Topliss-reactive ketones (excluding diaryl/α,β-unsaturated/α-hetero) is 1. The Hall–Kier alpha value is -1.79. The van der Waals surface area contributed by atoms with Crippen molar-refractivity contribution in [2.45, 2.75) is 64.3 Å². The minimum atomic E-state index is -0.302. The number of halogens is 1. The van der Waals surface area contributed by atoms with Crippen LogP contribution in [0.4, 0.5) is 4.39 Å². The number of benzene rings is 1. The van der Waals surface area contributed by atoms with Crippen LogP contribution in [0.3, 0.4) is 0 Å². The number of ether oxygens (including phenoxy) is 1. The van der Waals surface area contributed by atoms with E-state index in [4.69, 9.17) is 4.74 Å². The van der Waals surface area contributed by atoms with Gasteiger partial charge in [0.15, 0.2) is 5.78 Å². The molecule has 1 N–H and O–H groups in total. The maximum atomic E-state index is 13.1. The number of carbonyl (C=O) groups excluding carboxylic acids is 2. The first-order valence-electron chi connectivity index (χ1n) is 11.9. The Bertz CT molecular complexity index is 693. The van der Waals surface area contributed by atoms with Crippen molar-refractivity contribution in [1.82, 2.24) is 10.2 Å². The zero-order valence-electron chi connectivity index (χ0n) is 18.8. The molecule has 1 heterocycles. The Balaban J connectivity index is 1.29. The number of hydrogen-bond donors (Lipinski definition) is 1. The third-order valence-corrected chi connectivity index (χ3v) is 6.83. The number of piperidine rings is 1.